The first-order valence-corrected chi connectivity index (χ1v) is 14.7. The van der Waals surface area contributed by atoms with Crippen LogP contribution >= 0.6 is 0 Å². The van der Waals surface area contributed by atoms with Gasteiger partial charge in [0.1, 0.15) is 41.3 Å². The van der Waals surface area contributed by atoms with Crippen LogP contribution < -0.4 is 30.2 Å². The minimum atomic E-state index is -0.834. The number of hydrogen-bond acceptors (Lipinski definition) is 8. The van der Waals surface area contributed by atoms with Crippen LogP contribution in [0.1, 0.15) is 52.2 Å². The maximum Gasteiger partial charge on any atom is 0.326 e. The van der Waals surface area contributed by atoms with Crippen molar-refractivity contribution in [1.82, 2.24) is 0 Å². The topological polar surface area (TPSA) is 112 Å². The van der Waals surface area contributed by atoms with Crippen molar-refractivity contribution in [2.45, 2.75) is 72.4 Å². The molecule has 1 aliphatic rings. The van der Waals surface area contributed by atoms with Crippen molar-refractivity contribution in [1.29, 1.82) is 0 Å². The Bertz CT molecular complexity index is 1540. The normalized spacial score (nSPS) is 15.2. The van der Waals surface area contributed by atoms with Gasteiger partial charge in [0.05, 0.1) is 18.5 Å². The first-order valence-electron chi connectivity index (χ1n) is 14.7. The molecule has 0 aromatic heterocycles. The Morgan fingerprint density at radius 2 is 1.77 bits per heavy atom. The number of ether oxygens (including phenoxy) is 4. The van der Waals surface area contributed by atoms with Crippen molar-refractivity contribution < 1.29 is 32.9 Å². The average Bonchev–Trinajstić information content (AvgIpc) is 2.99. The van der Waals surface area contributed by atoms with Crippen LogP contribution in [-0.2, 0) is 20.9 Å². The molecule has 0 spiro atoms. The van der Waals surface area contributed by atoms with Gasteiger partial charge in [-0.25, -0.2) is 4.39 Å². The van der Waals surface area contributed by atoms with Gasteiger partial charge in [0, 0.05) is 36.7 Å². The molecular weight excluding hydrogens is 565 g/mol. The largest absolute Gasteiger partial charge is 0.496 e. The lowest BCUT2D eigenvalue weighted by atomic mass is 9.91. The van der Waals surface area contributed by atoms with Crippen molar-refractivity contribution in [2.24, 2.45) is 11.7 Å². The highest BCUT2D eigenvalue weighted by atomic mass is 19.1. The van der Waals surface area contributed by atoms with Crippen molar-refractivity contribution >= 4 is 23.3 Å². The molecule has 0 aliphatic carbocycles. The summed E-state index contributed by atoms with van der Waals surface area (Å²) in [6.07, 6.45) is -0.421. The first-order chi connectivity index (χ1) is 20.8. The summed E-state index contributed by atoms with van der Waals surface area (Å²) in [4.78, 5) is 27.4. The molecule has 9 nitrogen and oxygen atoms in total. The molecule has 4 rings (SSSR count). The van der Waals surface area contributed by atoms with E-state index < -0.39 is 29.7 Å². The van der Waals surface area contributed by atoms with E-state index in [9.17, 15) is 14.0 Å². The number of carbonyl (C=O) groups excluding carboxylic acids is 2. The van der Waals surface area contributed by atoms with E-state index >= 15 is 0 Å². The molecule has 44 heavy (non-hydrogen) atoms. The molecule has 3 N–H and O–H groups in total. The zero-order chi connectivity index (χ0) is 32.3. The molecule has 0 radical (unpaired) electrons. The number of nitrogens with one attached hydrogen (secondary N) is 1. The lowest BCUT2D eigenvalue weighted by Gasteiger charge is -2.39. The lowest BCUT2D eigenvalue weighted by molar-refractivity contribution is -0.166. The van der Waals surface area contributed by atoms with Crippen molar-refractivity contribution in [3.8, 4) is 28.4 Å². The molecule has 1 heterocycles. The minimum Gasteiger partial charge on any atom is -0.496 e. The smallest absolute Gasteiger partial charge is 0.326 e. The Morgan fingerprint density at radius 3 is 2.43 bits per heavy atom. The number of halogens is 1. The number of nitrogens with zero attached hydrogens (tertiary/aromatic N) is 1. The zero-order valence-electron chi connectivity index (χ0n) is 26.6. The van der Waals surface area contributed by atoms with Gasteiger partial charge in [0.25, 0.3) is 5.91 Å². The Labute approximate surface area is 258 Å². The van der Waals surface area contributed by atoms with E-state index in [4.69, 9.17) is 24.7 Å². The van der Waals surface area contributed by atoms with Crippen LogP contribution in [0.2, 0.25) is 0 Å². The van der Waals surface area contributed by atoms with Crippen LogP contribution in [0.3, 0.4) is 0 Å². The molecule has 0 bridgehead atoms. The maximum absolute atomic E-state index is 14.1. The Kier molecular flexibility index (Phi) is 9.73. The fourth-order valence-electron chi connectivity index (χ4n) is 5.10. The SMILES string of the molecule is CCC(OC(=O)[C@@H](N)C(C)C)Oc1ccc(-c2ccc3c(c2COc2cc(F)ccc2C)N(C)C(=O)C(C)(C)N3)c(OC)c1. The highest BCUT2D eigenvalue weighted by Crippen LogP contribution is 2.45. The molecule has 1 amide bonds. The summed E-state index contributed by atoms with van der Waals surface area (Å²) in [7, 11) is 3.28. The van der Waals surface area contributed by atoms with Crippen LogP contribution in [0.4, 0.5) is 15.8 Å². The van der Waals surface area contributed by atoms with E-state index in [-0.39, 0.29) is 18.4 Å². The van der Waals surface area contributed by atoms with E-state index in [0.717, 1.165) is 22.4 Å². The lowest BCUT2D eigenvalue weighted by Crippen LogP contribution is -2.52. The van der Waals surface area contributed by atoms with Crippen molar-refractivity contribution in [2.75, 3.05) is 24.4 Å². The number of likely N-dealkylation sites (N-methyl/N-ethyl adjacent to an activating group) is 1. The Hall–Kier alpha value is -4.31. The van der Waals surface area contributed by atoms with Crippen LogP contribution in [0.25, 0.3) is 11.1 Å². The number of carbonyl (C=O) groups is 2. The summed E-state index contributed by atoms with van der Waals surface area (Å²) in [6, 6.07) is 12.8. The highest BCUT2D eigenvalue weighted by Gasteiger charge is 2.39. The molecule has 1 aliphatic heterocycles. The second-order valence-corrected chi connectivity index (χ2v) is 11.8. The van der Waals surface area contributed by atoms with E-state index in [0.29, 0.717) is 34.9 Å². The molecule has 236 valence electrons. The van der Waals surface area contributed by atoms with Gasteiger partial charge in [-0.3, -0.25) is 9.59 Å². The predicted molar refractivity (Wildman–Crippen MR) is 169 cm³/mol. The molecule has 10 heteroatoms. The third kappa shape index (κ3) is 6.75. The first kappa shape index (κ1) is 32.6. The summed E-state index contributed by atoms with van der Waals surface area (Å²) >= 11 is 0. The molecule has 0 saturated heterocycles. The summed E-state index contributed by atoms with van der Waals surface area (Å²) < 4.78 is 37.6. The van der Waals surface area contributed by atoms with Gasteiger partial charge in [-0.1, -0.05) is 32.9 Å². The maximum atomic E-state index is 14.1. The fraction of sp³-hybridized carbons (Fsp3) is 0.412. The quantitative estimate of drug-likeness (QED) is 0.196. The van der Waals surface area contributed by atoms with Gasteiger partial charge in [-0.15, -0.1) is 0 Å². The summed E-state index contributed by atoms with van der Waals surface area (Å²) in [5, 5.41) is 3.34. The molecule has 3 aromatic carbocycles. The number of fused-ring (bicyclic) bond motifs is 1. The minimum absolute atomic E-state index is 0.0495. The summed E-state index contributed by atoms with van der Waals surface area (Å²) in [5.74, 6) is 0.205. The fourth-order valence-corrected chi connectivity index (χ4v) is 5.10. The number of methoxy groups -OCH3 is 1. The van der Waals surface area contributed by atoms with Crippen LogP contribution in [0.5, 0.6) is 17.2 Å². The van der Waals surface area contributed by atoms with Crippen molar-refractivity contribution in [3.63, 3.8) is 0 Å². The van der Waals surface area contributed by atoms with E-state index in [1.54, 1.807) is 37.3 Å². The molecule has 0 saturated carbocycles. The monoisotopic (exact) mass is 607 g/mol. The molecule has 3 aromatic rings. The third-order valence-corrected chi connectivity index (χ3v) is 7.73. The van der Waals surface area contributed by atoms with Crippen LogP contribution in [-0.4, -0.2) is 43.9 Å². The number of aryl methyl sites for hydroxylation is 1. The predicted octanol–water partition coefficient (Wildman–Crippen LogP) is 6.20. The summed E-state index contributed by atoms with van der Waals surface area (Å²) in [6.45, 7) is 11.1. The van der Waals surface area contributed by atoms with E-state index in [2.05, 4.69) is 5.32 Å². The number of anilines is 2. The second-order valence-electron chi connectivity index (χ2n) is 11.8. The van der Waals surface area contributed by atoms with Crippen LogP contribution in [0, 0.1) is 18.7 Å². The number of amides is 1. The molecule has 2 atom stereocenters. The third-order valence-electron chi connectivity index (χ3n) is 7.73. The zero-order valence-corrected chi connectivity index (χ0v) is 26.6. The number of hydrogen-bond donors (Lipinski definition) is 2. The summed E-state index contributed by atoms with van der Waals surface area (Å²) in [5.41, 5.74) is 9.52. The number of esters is 1. The van der Waals surface area contributed by atoms with Gasteiger partial charge < -0.3 is 34.9 Å². The van der Waals surface area contributed by atoms with Crippen molar-refractivity contribution in [3.05, 3.63) is 65.5 Å². The number of benzene rings is 3. The Balaban J connectivity index is 1.74. The van der Waals surface area contributed by atoms with E-state index in [1.807, 2.05) is 59.7 Å². The number of nitrogens with two attached hydrogens (primary N) is 1. The van der Waals surface area contributed by atoms with Crippen LogP contribution in [0.15, 0.2) is 48.5 Å². The molecular formula is C34H42FN3O6. The van der Waals surface area contributed by atoms with E-state index in [1.165, 1.54) is 12.1 Å². The average molecular weight is 608 g/mol. The van der Waals surface area contributed by atoms with Gasteiger partial charge >= 0.3 is 5.97 Å². The highest BCUT2D eigenvalue weighted by molar-refractivity contribution is 6.08. The number of rotatable bonds is 11. The van der Waals surface area contributed by atoms with Gasteiger partial charge in [0.15, 0.2) is 0 Å². The Morgan fingerprint density at radius 1 is 1.07 bits per heavy atom. The molecule has 0 fully saturated rings. The van der Waals surface area contributed by atoms with Gasteiger partial charge in [0.2, 0.25) is 6.29 Å². The van der Waals surface area contributed by atoms with Gasteiger partial charge in [-0.2, -0.15) is 0 Å². The standard InChI is InChI=1S/C34H42FN3O6/c1-9-29(44-32(39)30(36)19(2)3)43-22-12-13-24(28(17-22)41-8)23-14-15-26-31(38(7)33(40)34(5,6)37-26)25(23)18-42-27-16-21(35)11-10-20(27)4/h10-17,19,29-30,37H,9,18,36H2,1-8H3/t29?,30-/m0/s1. The molecule has 1 unspecified atom stereocenters. The second kappa shape index (κ2) is 13.1. The van der Waals surface area contributed by atoms with Gasteiger partial charge in [-0.05, 0) is 62.1 Å².